The zero-order chi connectivity index (χ0) is 17.2. The van der Waals surface area contributed by atoms with Crippen molar-refractivity contribution in [3.05, 3.63) is 35.9 Å². The molecule has 1 aliphatic heterocycles. The van der Waals surface area contributed by atoms with Gasteiger partial charge in [0.25, 0.3) is 0 Å². The van der Waals surface area contributed by atoms with Gasteiger partial charge in [0.1, 0.15) is 0 Å². The van der Waals surface area contributed by atoms with Crippen molar-refractivity contribution in [3.8, 4) is 0 Å². The van der Waals surface area contributed by atoms with Crippen LogP contribution in [-0.4, -0.2) is 43.0 Å². The van der Waals surface area contributed by atoms with Crippen molar-refractivity contribution in [3.63, 3.8) is 0 Å². The molecule has 1 fully saturated rings. The fourth-order valence-corrected chi connectivity index (χ4v) is 3.35. The summed E-state index contributed by atoms with van der Waals surface area (Å²) in [5.74, 6) is 0.817. The zero-order valence-electron chi connectivity index (χ0n) is 15.0. The molecule has 1 saturated heterocycles. The van der Waals surface area contributed by atoms with E-state index in [0.717, 1.165) is 31.8 Å². The molecule has 4 nitrogen and oxygen atoms in total. The maximum Gasteiger partial charge on any atom is 0.236 e. The van der Waals surface area contributed by atoms with Gasteiger partial charge in [-0.15, -0.1) is 0 Å². The Morgan fingerprint density at radius 3 is 2.62 bits per heavy atom. The summed E-state index contributed by atoms with van der Waals surface area (Å²) in [5.41, 5.74) is 7.17. The summed E-state index contributed by atoms with van der Waals surface area (Å²) in [6.45, 7) is 6.26. The Hall–Kier alpha value is -1.39. The van der Waals surface area contributed by atoms with Crippen molar-refractivity contribution in [1.82, 2.24) is 10.2 Å². The van der Waals surface area contributed by atoms with Crippen LogP contribution in [0.25, 0.3) is 0 Å². The molecule has 0 spiro atoms. The van der Waals surface area contributed by atoms with E-state index in [1.165, 1.54) is 37.9 Å². The number of nitrogens with zero attached hydrogens (tertiary/aromatic N) is 1. The highest BCUT2D eigenvalue weighted by Crippen LogP contribution is 2.21. The van der Waals surface area contributed by atoms with Crippen molar-refractivity contribution in [1.29, 1.82) is 0 Å². The van der Waals surface area contributed by atoms with Crippen LogP contribution in [0, 0.1) is 5.92 Å². The molecule has 24 heavy (non-hydrogen) atoms. The van der Waals surface area contributed by atoms with Crippen LogP contribution in [0.15, 0.2) is 30.3 Å². The van der Waals surface area contributed by atoms with Gasteiger partial charge in [0, 0.05) is 6.54 Å². The number of benzene rings is 1. The number of carbonyl (C=O) groups excluding carboxylic acids is 1. The summed E-state index contributed by atoms with van der Waals surface area (Å²) in [4.78, 5) is 14.1. The molecule has 0 unspecified atom stereocenters. The molecule has 1 aliphatic rings. The Morgan fingerprint density at radius 2 is 1.96 bits per heavy atom. The third-order valence-electron chi connectivity index (χ3n) is 5.05. The van der Waals surface area contributed by atoms with Crippen LogP contribution in [0.2, 0.25) is 0 Å². The number of hydrogen-bond acceptors (Lipinski definition) is 3. The van der Waals surface area contributed by atoms with Crippen LogP contribution in [0.1, 0.15) is 44.6 Å². The van der Waals surface area contributed by atoms with E-state index < -0.39 is 0 Å². The van der Waals surface area contributed by atoms with E-state index in [1.807, 2.05) is 6.92 Å². The fraction of sp³-hybridized carbons (Fsp3) is 0.650. The summed E-state index contributed by atoms with van der Waals surface area (Å²) >= 11 is 0. The molecule has 4 heteroatoms. The van der Waals surface area contributed by atoms with Gasteiger partial charge in [-0.3, -0.25) is 4.79 Å². The third kappa shape index (κ3) is 6.62. The second-order valence-corrected chi connectivity index (χ2v) is 6.99. The number of unbranched alkanes of at least 4 members (excludes halogenated alkanes) is 1. The van der Waals surface area contributed by atoms with Crippen LogP contribution in [0.4, 0.5) is 0 Å². The average molecular weight is 332 g/mol. The first-order chi connectivity index (χ1) is 11.7. The van der Waals surface area contributed by atoms with E-state index in [-0.39, 0.29) is 11.9 Å². The molecule has 0 aliphatic carbocycles. The standard InChI is InChI=1S/C20H33N3O/c1-2-19(21)20(24)22-12-6-7-13-23-14-10-18(11-15-23)16-17-8-4-3-5-9-17/h3-5,8-9,18-19H,2,6-7,10-16,21H2,1H3,(H,22,24)/t19-/m0/s1. The molecule has 0 radical (unpaired) electrons. The van der Waals surface area contributed by atoms with Crippen molar-refractivity contribution < 1.29 is 4.79 Å². The summed E-state index contributed by atoms with van der Waals surface area (Å²) in [5, 5.41) is 2.92. The number of rotatable bonds is 9. The predicted octanol–water partition coefficient (Wildman–Crippen LogP) is 2.57. The number of piperidine rings is 1. The minimum absolute atomic E-state index is 0.0146. The molecule has 1 aromatic carbocycles. The van der Waals surface area contributed by atoms with Crippen LogP contribution >= 0.6 is 0 Å². The molecular weight excluding hydrogens is 298 g/mol. The molecule has 1 atom stereocenters. The number of nitrogens with one attached hydrogen (secondary N) is 1. The second kappa shape index (κ2) is 10.5. The summed E-state index contributed by atoms with van der Waals surface area (Å²) in [6.07, 6.45) is 6.70. The molecule has 1 amide bonds. The minimum Gasteiger partial charge on any atom is -0.355 e. The van der Waals surface area contributed by atoms with Crippen LogP contribution < -0.4 is 11.1 Å². The second-order valence-electron chi connectivity index (χ2n) is 6.99. The van der Waals surface area contributed by atoms with E-state index in [2.05, 4.69) is 40.5 Å². The van der Waals surface area contributed by atoms with Gasteiger partial charge >= 0.3 is 0 Å². The highest BCUT2D eigenvalue weighted by Gasteiger charge is 2.19. The number of hydrogen-bond donors (Lipinski definition) is 2. The van der Waals surface area contributed by atoms with Gasteiger partial charge in [0.15, 0.2) is 0 Å². The summed E-state index contributed by atoms with van der Waals surface area (Å²) in [7, 11) is 0. The molecule has 2 rings (SSSR count). The molecule has 1 heterocycles. The number of amides is 1. The molecule has 0 aromatic heterocycles. The van der Waals surface area contributed by atoms with Gasteiger partial charge < -0.3 is 16.0 Å². The fourth-order valence-electron chi connectivity index (χ4n) is 3.35. The lowest BCUT2D eigenvalue weighted by molar-refractivity contribution is -0.122. The topological polar surface area (TPSA) is 58.4 Å². The van der Waals surface area contributed by atoms with Crippen molar-refractivity contribution in [2.45, 2.75) is 51.5 Å². The van der Waals surface area contributed by atoms with Gasteiger partial charge in [0.2, 0.25) is 5.91 Å². The molecule has 134 valence electrons. The Bertz CT molecular complexity index is 469. The Kier molecular flexibility index (Phi) is 8.26. The SMILES string of the molecule is CC[C@H](N)C(=O)NCCCCN1CCC(Cc2ccccc2)CC1. The highest BCUT2D eigenvalue weighted by molar-refractivity contribution is 5.81. The normalized spacial score (nSPS) is 17.6. The Balaban J connectivity index is 1.53. The van der Waals surface area contributed by atoms with E-state index in [4.69, 9.17) is 5.73 Å². The van der Waals surface area contributed by atoms with Crippen LogP contribution in [0.5, 0.6) is 0 Å². The smallest absolute Gasteiger partial charge is 0.236 e. The zero-order valence-corrected chi connectivity index (χ0v) is 15.0. The lowest BCUT2D eigenvalue weighted by Crippen LogP contribution is -2.40. The van der Waals surface area contributed by atoms with Crippen molar-refractivity contribution in [2.24, 2.45) is 11.7 Å². The summed E-state index contributed by atoms with van der Waals surface area (Å²) in [6, 6.07) is 10.5. The molecule has 3 N–H and O–H groups in total. The number of carbonyl (C=O) groups is 1. The van der Waals surface area contributed by atoms with E-state index >= 15 is 0 Å². The molecule has 0 saturated carbocycles. The first-order valence-corrected chi connectivity index (χ1v) is 9.48. The lowest BCUT2D eigenvalue weighted by Gasteiger charge is -2.32. The van der Waals surface area contributed by atoms with E-state index in [9.17, 15) is 4.79 Å². The van der Waals surface area contributed by atoms with E-state index in [0.29, 0.717) is 6.42 Å². The third-order valence-corrected chi connectivity index (χ3v) is 5.05. The van der Waals surface area contributed by atoms with Gasteiger partial charge in [-0.25, -0.2) is 0 Å². The lowest BCUT2D eigenvalue weighted by atomic mass is 9.90. The summed E-state index contributed by atoms with van der Waals surface area (Å²) < 4.78 is 0. The van der Waals surface area contributed by atoms with Gasteiger partial charge in [-0.05, 0) is 69.6 Å². The first kappa shape index (κ1) is 18.9. The highest BCUT2D eigenvalue weighted by atomic mass is 16.2. The predicted molar refractivity (Wildman–Crippen MR) is 99.8 cm³/mol. The molecule has 1 aromatic rings. The quantitative estimate of drug-likeness (QED) is 0.684. The van der Waals surface area contributed by atoms with Gasteiger partial charge in [-0.1, -0.05) is 37.3 Å². The Morgan fingerprint density at radius 1 is 1.25 bits per heavy atom. The number of nitrogens with two attached hydrogens (primary N) is 1. The monoisotopic (exact) mass is 331 g/mol. The average Bonchev–Trinajstić information content (AvgIpc) is 2.62. The molecular formula is C20H33N3O. The Labute approximate surface area is 146 Å². The number of likely N-dealkylation sites (tertiary alicyclic amines) is 1. The van der Waals surface area contributed by atoms with Gasteiger partial charge in [0.05, 0.1) is 6.04 Å². The minimum atomic E-state index is -0.353. The van der Waals surface area contributed by atoms with Crippen LogP contribution in [-0.2, 0) is 11.2 Å². The van der Waals surface area contributed by atoms with Crippen LogP contribution in [0.3, 0.4) is 0 Å². The van der Waals surface area contributed by atoms with E-state index in [1.54, 1.807) is 0 Å². The van der Waals surface area contributed by atoms with Crippen molar-refractivity contribution in [2.75, 3.05) is 26.2 Å². The maximum atomic E-state index is 11.6. The van der Waals surface area contributed by atoms with Crippen molar-refractivity contribution >= 4 is 5.91 Å². The first-order valence-electron chi connectivity index (χ1n) is 9.48. The maximum absolute atomic E-state index is 11.6. The van der Waals surface area contributed by atoms with Gasteiger partial charge in [-0.2, -0.15) is 0 Å². The molecule has 0 bridgehead atoms. The largest absolute Gasteiger partial charge is 0.355 e.